The van der Waals surface area contributed by atoms with Gasteiger partial charge in [0.25, 0.3) is 0 Å². The van der Waals surface area contributed by atoms with Gasteiger partial charge in [0.2, 0.25) is 0 Å². The standard InChI is InChI=1S/C16H22BrNO4/c1-4-18(9-11(2)16(19)20-3)10-12-7-14-15(8-13(12)17)22-6-5-21-14/h7-8,11H,4-6,9-10H2,1-3H3. The van der Waals surface area contributed by atoms with Crippen LogP contribution in [0.3, 0.4) is 0 Å². The van der Waals surface area contributed by atoms with E-state index in [2.05, 4.69) is 27.8 Å². The van der Waals surface area contributed by atoms with Crippen molar-refractivity contribution >= 4 is 21.9 Å². The highest BCUT2D eigenvalue weighted by molar-refractivity contribution is 9.10. The van der Waals surface area contributed by atoms with Crippen molar-refractivity contribution in [2.75, 3.05) is 33.4 Å². The number of ether oxygens (including phenoxy) is 3. The van der Waals surface area contributed by atoms with Crippen LogP contribution in [-0.2, 0) is 16.1 Å². The molecule has 0 radical (unpaired) electrons. The molecular formula is C16H22BrNO4. The van der Waals surface area contributed by atoms with Gasteiger partial charge < -0.3 is 14.2 Å². The molecule has 1 aliphatic rings. The molecule has 6 heteroatoms. The Morgan fingerprint density at radius 2 is 2.00 bits per heavy atom. The first kappa shape index (κ1) is 17.1. The molecule has 1 aromatic rings. The fraction of sp³-hybridized carbons (Fsp3) is 0.562. The fourth-order valence-electron chi connectivity index (χ4n) is 2.44. The van der Waals surface area contributed by atoms with Crippen LogP contribution in [0.1, 0.15) is 19.4 Å². The number of rotatable bonds is 6. The lowest BCUT2D eigenvalue weighted by Crippen LogP contribution is -2.32. The monoisotopic (exact) mass is 371 g/mol. The average Bonchev–Trinajstić information content (AvgIpc) is 2.53. The van der Waals surface area contributed by atoms with Crippen molar-refractivity contribution in [1.29, 1.82) is 0 Å². The van der Waals surface area contributed by atoms with E-state index in [1.54, 1.807) is 0 Å². The smallest absolute Gasteiger partial charge is 0.309 e. The summed E-state index contributed by atoms with van der Waals surface area (Å²) in [5.41, 5.74) is 1.11. The second-order valence-electron chi connectivity index (χ2n) is 5.34. The van der Waals surface area contributed by atoms with E-state index >= 15 is 0 Å². The van der Waals surface area contributed by atoms with Crippen molar-refractivity contribution in [1.82, 2.24) is 4.90 Å². The largest absolute Gasteiger partial charge is 0.486 e. The van der Waals surface area contributed by atoms with Crippen molar-refractivity contribution in [2.24, 2.45) is 5.92 Å². The van der Waals surface area contributed by atoms with E-state index in [4.69, 9.17) is 14.2 Å². The number of halogens is 1. The van der Waals surface area contributed by atoms with E-state index in [1.165, 1.54) is 7.11 Å². The molecule has 0 saturated carbocycles. The highest BCUT2D eigenvalue weighted by Crippen LogP contribution is 2.36. The van der Waals surface area contributed by atoms with Crippen LogP contribution >= 0.6 is 15.9 Å². The van der Waals surface area contributed by atoms with Gasteiger partial charge in [-0.25, -0.2) is 0 Å². The normalized spacial score (nSPS) is 14.8. The van der Waals surface area contributed by atoms with Gasteiger partial charge in [-0.2, -0.15) is 0 Å². The van der Waals surface area contributed by atoms with Gasteiger partial charge in [-0.15, -0.1) is 0 Å². The summed E-state index contributed by atoms with van der Waals surface area (Å²) in [5, 5.41) is 0. The van der Waals surface area contributed by atoms with E-state index < -0.39 is 0 Å². The predicted octanol–water partition coefficient (Wildman–Crippen LogP) is 2.85. The molecule has 0 saturated heterocycles. The topological polar surface area (TPSA) is 48.0 Å². The van der Waals surface area contributed by atoms with Crippen molar-refractivity contribution in [2.45, 2.75) is 20.4 Å². The lowest BCUT2D eigenvalue weighted by atomic mass is 10.1. The van der Waals surface area contributed by atoms with E-state index in [1.807, 2.05) is 19.1 Å². The molecule has 0 aliphatic carbocycles. The molecule has 5 nitrogen and oxygen atoms in total. The summed E-state index contributed by atoms with van der Waals surface area (Å²) < 4.78 is 17.0. The van der Waals surface area contributed by atoms with Crippen LogP contribution in [0.25, 0.3) is 0 Å². The molecule has 1 aromatic carbocycles. The maximum atomic E-state index is 11.6. The second-order valence-corrected chi connectivity index (χ2v) is 6.19. The maximum Gasteiger partial charge on any atom is 0.309 e. The molecule has 0 aromatic heterocycles. The van der Waals surface area contributed by atoms with E-state index in [0.717, 1.165) is 34.6 Å². The highest BCUT2D eigenvalue weighted by atomic mass is 79.9. The summed E-state index contributed by atoms with van der Waals surface area (Å²) in [7, 11) is 1.42. The Balaban J connectivity index is 2.09. The fourth-order valence-corrected chi connectivity index (χ4v) is 2.88. The Morgan fingerprint density at radius 1 is 1.36 bits per heavy atom. The molecule has 1 unspecified atom stereocenters. The quantitative estimate of drug-likeness (QED) is 0.719. The number of carbonyl (C=O) groups excluding carboxylic acids is 1. The molecule has 1 atom stereocenters. The van der Waals surface area contributed by atoms with Gasteiger partial charge >= 0.3 is 5.97 Å². The SMILES string of the molecule is CCN(Cc1cc2c(cc1Br)OCCO2)CC(C)C(=O)OC. The molecule has 2 rings (SSSR count). The molecule has 1 heterocycles. The van der Waals surface area contributed by atoms with Gasteiger partial charge in [-0.1, -0.05) is 29.8 Å². The van der Waals surface area contributed by atoms with Crippen LogP contribution in [0.15, 0.2) is 16.6 Å². The van der Waals surface area contributed by atoms with Crippen LogP contribution in [0.2, 0.25) is 0 Å². The molecule has 1 aliphatic heterocycles. The molecule has 0 spiro atoms. The molecule has 0 amide bonds. The van der Waals surface area contributed by atoms with Gasteiger partial charge in [-0.05, 0) is 24.2 Å². The lowest BCUT2D eigenvalue weighted by Gasteiger charge is -2.25. The summed E-state index contributed by atoms with van der Waals surface area (Å²) in [6.07, 6.45) is 0. The number of methoxy groups -OCH3 is 1. The molecule has 0 N–H and O–H groups in total. The zero-order chi connectivity index (χ0) is 16.1. The van der Waals surface area contributed by atoms with Crippen molar-refractivity contribution < 1.29 is 19.0 Å². The third kappa shape index (κ3) is 4.14. The molecule has 0 fully saturated rings. The minimum atomic E-state index is -0.181. The number of hydrogen-bond acceptors (Lipinski definition) is 5. The third-order valence-corrected chi connectivity index (χ3v) is 4.43. The number of fused-ring (bicyclic) bond motifs is 1. The van der Waals surface area contributed by atoms with Gasteiger partial charge in [0.15, 0.2) is 11.5 Å². The van der Waals surface area contributed by atoms with Gasteiger partial charge in [0.1, 0.15) is 13.2 Å². The summed E-state index contributed by atoms with van der Waals surface area (Å²) in [5.74, 6) is 1.22. The van der Waals surface area contributed by atoms with Crippen molar-refractivity contribution in [3.8, 4) is 11.5 Å². The Morgan fingerprint density at radius 3 is 2.59 bits per heavy atom. The zero-order valence-corrected chi connectivity index (χ0v) is 14.8. The van der Waals surface area contributed by atoms with Crippen LogP contribution in [0.5, 0.6) is 11.5 Å². The highest BCUT2D eigenvalue weighted by Gasteiger charge is 2.19. The zero-order valence-electron chi connectivity index (χ0n) is 13.2. The Kier molecular flexibility index (Phi) is 6.08. The second kappa shape index (κ2) is 7.83. The number of esters is 1. The third-order valence-electron chi connectivity index (χ3n) is 3.69. The van der Waals surface area contributed by atoms with E-state index in [0.29, 0.717) is 19.8 Å². The maximum absolute atomic E-state index is 11.6. The molecule has 122 valence electrons. The lowest BCUT2D eigenvalue weighted by molar-refractivity contribution is -0.145. The first-order chi connectivity index (χ1) is 10.5. The van der Waals surface area contributed by atoms with E-state index in [-0.39, 0.29) is 11.9 Å². The van der Waals surface area contributed by atoms with E-state index in [9.17, 15) is 4.79 Å². The average molecular weight is 372 g/mol. The Bertz CT molecular complexity index is 535. The summed E-state index contributed by atoms with van der Waals surface area (Å²) in [4.78, 5) is 13.8. The van der Waals surface area contributed by atoms with Crippen LogP contribution < -0.4 is 9.47 Å². The number of benzene rings is 1. The Labute approximate surface area is 139 Å². The van der Waals surface area contributed by atoms with Crippen molar-refractivity contribution in [3.05, 3.63) is 22.2 Å². The minimum Gasteiger partial charge on any atom is -0.486 e. The number of hydrogen-bond donors (Lipinski definition) is 0. The molecule has 22 heavy (non-hydrogen) atoms. The summed E-state index contributed by atoms with van der Waals surface area (Å²) in [6, 6.07) is 3.95. The van der Waals surface area contributed by atoms with Gasteiger partial charge in [0.05, 0.1) is 13.0 Å². The van der Waals surface area contributed by atoms with Crippen LogP contribution in [0.4, 0.5) is 0 Å². The van der Waals surface area contributed by atoms with Gasteiger partial charge in [0, 0.05) is 17.6 Å². The number of nitrogens with zero attached hydrogens (tertiary/aromatic N) is 1. The first-order valence-corrected chi connectivity index (χ1v) is 8.22. The number of carbonyl (C=O) groups is 1. The Hall–Kier alpha value is -1.27. The molecule has 0 bridgehead atoms. The summed E-state index contributed by atoms with van der Waals surface area (Å²) >= 11 is 3.59. The van der Waals surface area contributed by atoms with Crippen molar-refractivity contribution in [3.63, 3.8) is 0 Å². The van der Waals surface area contributed by atoms with Gasteiger partial charge in [-0.3, -0.25) is 9.69 Å². The first-order valence-electron chi connectivity index (χ1n) is 7.43. The molecular weight excluding hydrogens is 350 g/mol. The van der Waals surface area contributed by atoms with Crippen LogP contribution in [0, 0.1) is 5.92 Å². The minimum absolute atomic E-state index is 0.152. The summed E-state index contributed by atoms with van der Waals surface area (Å²) in [6.45, 7) is 7.35. The van der Waals surface area contributed by atoms with Crippen LogP contribution in [-0.4, -0.2) is 44.3 Å². The predicted molar refractivity (Wildman–Crippen MR) is 87.3 cm³/mol.